The minimum atomic E-state index is -0.721. The number of anilines is 1. The Morgan fingerprint density at radius 2 is 2.00 bits per heavy atom. The van der Waals surface area contributed by atoms with E-state index in [9.17, 15) is 4.79 Å². The van der Waals surface area contributed by atoms with Gasteiger partial charge >= 0.3 is 5.97 Å². The second kappa shape index (κ2) is 8.07. The van der Waals surface area contributed by atoms with Gasteiger partial charge in [-0.3, -0.25) is 9.78 Å². The first-order valence-corrected chi connectivity index (χ1v) is 6.74. The van der Waals surface area contributed by atoms with Crippen molar-refractivity contribution in [2.24, 2.45) is 0 Å². The molecule has 0 bridgehead atoms. The summed E-state index contributed by atoms with van der Waals surface area (Å²) in [6.07, 6.45) is 6.03. The molecule has 1 aliphatic rings. The Morgan fingerprint density at radius 1 is 1.40 bits per heavy atom. The number of hydrogen-bond donors (Lipinski definition) is 1. The summed E-state index contributed by atoms with van der Waals surface area (Å²) in [4.78, 5) is 19.2. The van der Waals surface area contributed by atoms with Crippen LogP contribution in [0.4, 0.5) is 5.69 Å². The molecule has 1 aliphatic heterocycles. The lowest BCUT2D eigenvalue weighted by Gasteiger charge is -2.37. The van der Waals surface area contributed by atoms with E-state index in [4.69, 9.17) is 5.11 Å². The Bertz CT molecular complexity index is 408. The van der Waals surface area contributed by atoms with Crippen molar-refractivity contribution in [3.8, 4) is 0 Å². The Morgan fingerprint density at radius 3 is 2.55 bits per heavy atom. The molecule has 0 saturated carbocycles. The molecule has 1 fully saturated rings. The van der Waals surface area contributed by atoms with Gasteiger partial charge in [-0.05, 0) is 32.0 Å². The van der Waals surface area contributed by atoms with Gasteiger partial charge < -0.3 is 14.9 Å². The third kappa shape index (κ3) is 4.65. The fraction of sp³-hybridized carbons (Fsp3) is 0.571. The zero-order valence-electron chi connectivity index (χ0n) is 11.7. The fourth-order valence-corrected chi connectivity index (χ4v) is 2.57. The van der Waals surface area contributed by atoms with Gasteiger partial charge in [0, 0.05) is 43.8 Å². The molecule has 0 atom stereocenters. The van der Waals surface area contributed by atoms with Gasteiger partial charge in [0.05, 0.1) is 6.42 Å². The predicted octanol–water partition coefficient (Wildman–Crippen LogP) is 1.88. The zero-order chi connectivity index (χ0) is 13.7. The highest BCUT2D eigenvalue weighted by atomic mass is 35.5. The van der Waals surface area contributed by atoms with Crippen LogP contribution < -0.4 is 4.90 Å². The Labute approximate surface area is 126 Å². The predicted molar refractivity (Wildman–Crippen MR) is 81.6 cm³/mol. The van der Waals surface area contributed by atoms with Crippen LogP contribution in [0.25, 0.3) is 0 Å². The van der Waals surface area contributed by atoms with Crippen molar-refractivity contribution in [2.75, 3.05) is 31.6 Å². The van der Waals surface area contributed by atoms with Gasteiger partial charge in [0.1, 0.15) is 0 Å². The third-order valence-corrected chi connectivity index (χ3v) is 3.79. The fourth-order valence-electron chi connectivity index (χ4n) is 2.57. The third-order valence-electron chi connectivity index (χ3n) is 3.79. The normalized spacial score (nSPS) is 16.0. The van der Waals surface area contributed by atoms with Crippen molar-refractivity contribution < 1.29 is 9.90 Å². The molecule has 1 saturated heterocycles. The number of rotatable bonds is 5. The summed E-state index contributed by atoms with van der Waals surface area (Å²) in [5, 5.41) is 8.71. The van der Waals surface area contributed by atoms with E-state index in [1.807, 2.05) is 31.6 Å². The zero-order valence-corrected chi connectivity index (χ0v) is 12.6. The van der Waals surface area contributed by atoms with Crippen LogP contribution in [0.1, 0.15) is 19.3 Å². The highest BCUT2D eigenvalue weighted by molar-refractivity contribution is 5.85. The van der Waals surface area contributed by atoms with Crippen LogP contribution in [0, 0.1) is 0 Å². The summed E-state index contributed by atoms with van der Waals surface area (Å²) in [5.74, 6) is -0.721. The summed E-state index contributed by atoms with van der Waals surface area (Å²) < 4.78 is 0. The molecule has 1 aromatic heterocycles. The number of pyridine rings is 1. The van der Waals surface area contributed by atoms with E-state index >= 15 is 0 Å². The second-order valence-corrected chi connectivity index (χ2v) is 5.05. The molecule has 5 nitrogen and oxygen atoms in total. The number of nitrogens with zero attached hydrogens (tertiary/aromatic N) is 3. The molecular weight excluding hydrogens is 278 g/mol. The van der Waals surface area contributed by atoms with Crippen molar-refractivity contribution in [1.82, 2.24) is 9.88 Å². The average molecular weight is 300 g/mol. The summed E-state index contributed by atoms with van der Waals surface area (Å²) in [6.45, 7) is 2.67. The van der Waals surface area contributed by atoms with E-state index in [1.165, 1.54) is 5.69 Å². The standard InChI is InChI=1S/C14H21N3O2.ClH/c1-16(9-6-14(18)19)12-4-10-17(11-5-12)13-2-7-15-8-3-13;/h2-3,7-8,12H,4-6,9-11H2,1H3,(H,18,19);1H. The summed E-state index contributed by atoms with van der Waals surface area (Å²) in [6, 6.07) is 4.57. The van der Waals surface area contributed by atoms with Crippen molar-refractivity contribution in [3.05, 3.63) is 24.5 Å². The van der Waals surface area contributed by atoms with Crippen LogP contribution in [0.15, 0.2) is 24.5 Å². The highest BCUT2D eigenvalue weighted by Crippen LogP contribution is 2.21. The summed E-state index contributed by atoms with van der Waals surface area (Å²) >= 11 is 0. The number of carboxylic acids is 1. The first-order valence-electron chi connectivity index (χ1n) is 6.74. The summed E-state index contributed by atoms with van der Waals surface area (Å²) in [7, 11) is 2.02. The average Bonchev–Trinajstić information content (AvgIpc) is 2.46. The van der Waals surface area contributed by atoms with Crippen molar-refractivity contribution in [1.29, 1.82) is 0 Å². The number of aromatic nitrogens is 1. The molecule has 0 spiro atoms. The first-order chi connectivity index (χ1) is 9.16. The highest BCUT2D eigenvalue weighted by Gasteiger charge is 2.22. The van der Waals surface area contributed by atoms with Gasteiger partial charge in [-0.1, -0.05) is 0 Å². The molecule has 2 heterocycles. The largest absolute Gasteiger partial charge is 0.481 e. The van der Waals surface area contributed by atoms with Crippen molar-refractivity contribution >= 4 is 24.1 Å². The molecule has 1 aromatic rings. The quantitative estimate of drug-likeness (QED) is 0.899. The van der Waals surface area contributed by atoms with E-state index < -0.39 is 5.97 Å². The monoisotopic (exact) mass is 299 g/mol. The number of aliphatic carboxylic acids is 1. The second-order valence-electron chi connectivity index (χ2n) is 5.05. The van der Waals surface area contributed by atoms with Gasteiger partial charge in [-0.2, -0.15) is 0 Å². The van der Waals surface area contributed by atoms with E-state index in [0.29, 0.717) is 12.6 Å². The number of hydrogen-bond acceptors (Lipinski definition) is 4. The lowest BCUT2D eigenvalue weighted by molar-refractivity contribution is -0.137. The molecule has 0 radical (unpaired) electrons. The molecule has 0 aliphatic carbocycles. The topological polar surface area (TPSA) is 56.7 Å². The lowest BCUT2D eigenvalue weighted by Crippen LogP contribution is -2.44. The smallest absolute Gasteiger partial charge is 0.304 e. The Balaban J connectivity index is 0.00000200. The van der Waals surface area contributed by atoms with Crippen LogP contribution in [0.3, 0.4) is 0 Å². The maximum atomic E-state index is 10.6. The van der Waals surface area contributed by atoms with Gasteiger partial charge in [0.2, 0.25) is 0 Å². The van der Waals surface area contributed by atoms with Crippen LogP contribution in [-0.4, -0.2) is 53.7 Å². The maximum absolute atomic E-state index is 10.6. The maximum Gasteiger partial charge on any atom is 0.304 e. The molecule has 0 amide bonds. The molecule has 0 aromatic carbocycles. The molecule has 6 heteroatoms. The Kier molecular flexibility index (Phi) is 6.75. The molecule has 2 rings (SSSR count). The lowest BCUT2D eigenvalue weighted by atomic mass is 10.0. The van der Waals surface area contributed by atoms with Crippen LogP contribution >= 0.6 is 12.4 Å². The van der Waals surface area contributed by atoms with E-state index in [1.54, 1.807) is 0 Å². The molecule has 20 heavy (non-hydrogen) atoms. The van der Waals surface area contributed by atoms with Crippen LogP contribution in [0.5, 0.6) is 0 Å². The first kappa shape index (κ1) is 16.7. The molecule has 1 N–H and O–H groups in total. The molecule has 0 unspecified atom stereocenters. The van der Waals surface area contributed by atoms with E-state index in [0.717, 1.165) is 25.9 Å². The van der Waals surface area contributed by atoms with Crippen molar-refractivity contribution in [2.45, 2.75) is 25.3 Å². The van der Waals surface area contributed by atoms with E-state index in [2.05, 4.69) is 14.8 Å². The van der Waals surface area contributed by atoms with E-state index in [-0.39, 0.29) is 18.8 Å². The summed E-state index contributed by atoms with van der Waals surface area (Å²) in [5.41, 5.74) is 1.22. The van der Waals surface area contributed by atoms with Crippen LogP contribution in [0.2, 0.25) is 0 Å². The number of piperidine rings is 1. The van der Waals surface area contributed by atoms with Crippen molar-refractivity contribution in [3.63, 3.8) is 0 Å². The number of carbonyl (C=O) groups is 1. The van der Waals surface area contributed by atoms with Gasteiger partial charge in [0.15, 0.2) is 0 Å². The minimum absolute atomic E-state index is 0. The Hall–Kier alpha value is -1.33. The SMILES string of the molecule is CN(CCC(=O)O)C1CCN(c2ccncc2)CC1.Cl. The molecular formula is C14H22ClN3O2. The number of carboxylic acid groups (broad SMARTS) is 1. The minimum Gasteiger partial charge on any atom is -0.481 e. The van der Waals surface area contributed by atoms with Gasteiger partial charge in [-0.15, -0.1) is 12.4 Å². The van der Waals surface area contributed by atoms with Crippen LogP contribution in [-0.2, 0) is 4.79 Å². The number of halogens is 1. The van der Waals surface area contributed by atoms with Gasteiger partial charge in [-0.25, -0.2) is 0 Å². The molecule has 112 valence electrons. The van der Waals surface area contributed by atoms with Gasteiger partial charge in [0.25, 0.3) is 0 Å².